The number of hydrogen-bond donors (Lipinski definition) is 2. The lowest BCUT2D eigenvalue weighted by atomic mass is 9.67. The first-order valence-electron chi connectivity index (χ1n) is 10.8. The minimum Gasteiger partial charge on any atom is -0.313 e. The average molecular weight is 412 g/mol. The van der Waals surface area contributed by atoms with Crippen LogP contribution in [-0.4, -0.2) is 43.8 Å². The van der Waals surface area contributed by atoms with Gasteiger partial charge in [-0.25, -0.2) is 8.78 Å². The highest BCUT2D eigenvalue weighted by atomic mass is 19.3. The fourth-order valence-corrected chi connectivity index (χ4v) is 5.30. The number of likely N-dealkylation sites (N-methyl/N-ethyl adjacent to an activating group) is 1. The van der Waals surface area contributed by atoms with Crippen molar-refractivity contribution in [2.24, 2.45) is 5.92 Å². The maximum Gasteiger partial charge on any atom is 0.270 e. The van der Waals surface area contributed by atoms with Crippen molar-refractivity contribution >= 4 is 5.71 Å². The third-order valence-corrected chi connectivity index (χ3v) is 6.75. The van der Waals surface area contributed by atoms with E-state index in [1.807, 2.05) is 18.2 Å². The molecule has 2 N–H and O–H groups in total. The van der Waals surface area contributed by atoms with Crippen molar-refractivity contribution in [3.05, 3.63) is 70.8 Å². The van der Waals surface area contributed by atoms with Gasteiger partial charge in [-0.15, -0.1) is 0 Å². The molecule has 30 heavy (non-hydrogen) atoms. The zero-order valence-corrected chi connectivity index (χ0v) is 18.0. The molecule has 3 nitrogen and oxygen atoms in total. The number of halogens is 2. The largest absolute Gasteiger partial charge is 0.313 e. The molecule has 160 valence electrons. The molecule has 4 atom stereocenters. The fraction of sp³-hybridized carbons (Fsp3) is 0.480. The summed E-state index contributed by atoms with van der Waals surface area (Å²) in [6, 6.07) is 15.5. The van der Waals surface area contributed by atoms with Crippen molar-refractivity contribution in [2.45, 2.75) is 43.6 Å². The van der Waals surface area contributed by atoms with Gasteiger partial charge < -0.3 is 15.6 Å². The molecule has 2 unspecified atom stereocenters. The molecule has 4 rings (SSSR count). The summed E-state index contributed by atoms with van der Waals surface area (Å²) < 4.78 is 28.1. The van der Waals surface area contributed by atoms with Crippen LogP contribution < -0.4 is 5.32 Å². The topological polar surface area (TPSA) is 39.1 Å². The van der Waals surface area contributed by atoms with Gasteiger partial charge in [-0.1, -0.05) is 42.5 Å². The minimum absolute atomic E-state index is 0.0114. The Labute approximate surface area is 178 Å². The van der Waals surface area contributed by atoms with Gasteiger partial charge in [-0.2, -0.15) is 0 Å². The lowest BCUT2D eigenvalue weighted by molar-refractivity contribution is 0.0173. The van der Waals surface area contributed by atoms with E-state index in [0.29, 0.717) is 11.8 Å². The number of fused-ring (bicyclic) bond motifs is 3. The first-order chi connectivity index (χ1) is 14.3. The van der Waals surface area contributed by atoms with E-state index in [9.17, 15) is 8.78 Å². The van der Waals surface area contributed by atoms with Crippen LogP contribution in [0.25, 0.3) is 0 Å². The van der Waals surface area contributed by atoms with Crippen LogP contribution in [0.1, 0.15) is 53.9 Å². The normalized spacial score (nSPS) is 26.0. The maximum atomic E-state index is 14.1. The SMILES string of the molecule is CN(C)CCNC1CC2c3cc(C(C)(F)F)ccc3C(=N)[C@H](c3ccccc3)[C@@H]2C1. The molecule has 0 heterocycles. The molecule has 0 amide bonds. The molecule has 0 saturated heterocycles. The van der Waals surface area contributed by atoms with E-state index in [1.165, 1.54) is 6.07 Å². The highest BCUT2D eigenvalue weighted by molar-refractivity contribution is 6.05. The molecule has 0 spiro atoms. The van der Waals surface area contributed by atoms with Gasteiger partial charge in [0.25, 0.3) is 5.92 Å². The van der Waals surface area contributed by atoms with Crippen LogP contribution in [0.4, 0.5) is 8.78 Å². The molecule has 0 aromatic heterocycles. The molecule has 1 saturated carbocycles. The lowest BCUT2D eigenvalue weighted by Crippen LogP contribution is -2.33. The van der Waals surface area contributed by atoms with Gasteiger partial charge in [0.15, 0.2) is 0 Å². The third-order valence-electron chi connectivity index (χ3n) is 6.75. The van der Waals surface area contributed by atoms with Crippen LogP contribution in [0.2, 0.25) is 0 Å². The minimum atomic E-state index is -2.87. The summed E-state index contributed by atoms with van der Waals surface area (Å²) in [4.78, 5) is 2.16. The van der Waals surface area contributed by atoms with Crippen molar-refractivity contribution in [1.82, 2.24) is 10.2 Å². The Hall–Kier alpha value is -2.11. The summed E-state index contributed by atoms with van der Waals surface area (Å²) >= 11 is 0. The van der Waals surface area contributed by atoms with E-state index in [4.69, 9.17) is 5.41 Å². The van der Waals surface area contributed by atoms with Gasteiger partial charge >= 0.3 is 0 Å². The first-order valence-corrected chi connectivity index (χ1v) is 10.8. The van der Waals surface area contributed by atoms with Crippen molar-refractivity contribution in [1.29, 1.82) is 5.41 Å². The second-order valence-electron chi connectivity index (χ2n) is 9.19. The molecular weight excluding hydrogens is 380 g/mol. The maximum absolute atomic E-state index is 14.1. The summed E-state index contributed by atoms with van der Waals surface area (Å²) in [5.74, 6) is -2.41. The predicted molar refractivity (Wildman–Crippen MR) is 118 cm³/mol. The van der Waals surface area contributed by atoms with Gasteiger partial charge in [0.1, 0.15) is 0 Å². The van der Waals surface area contributed by atoms with Crippen molar-refractivity contribution in [3.8, 4) is 0 Å². The standard InChI is InChI=1S/C25H31F2N3/c1-25(26,27)17-9-10-19-20(13-17)21-14-18(29-11-12-30(2)3)15-22(21)23(24(19)28)16-7-5-4-6-8-16/h4-10,13,18,21-23,28-29H,11-12,14-15H2,1-3H3/t18?,21?,22-,23-/m1/s1. The molecular formula is C25H31F2N3. The highest BCUT2D eigenvalue weighted by Crippen LogP contribution is 2.53. The Morgan fingerprint density at radius 2 is 1.83 bits per heavy atom. The van der Waals surface area contributed by atoms with Crippen LogP contribution in [0.5, 0.6) is 0 Å². The summed E-state index contributed by atoms with van der Waals surface area (Å²) in [5, 5.41) is 12.7. The average Bonchev–Trinajstić information content (AvgIpc) is 3.11. The van der Waals surface area contributed by atoms with Crippen LogP contribution in [0, 0.1) is 11.3 Å². The van der Waals surface area contributed by atoms with E-state index in [0.717, 1.165) is 49.5 Å². The second kappa shape index (κ2) is 8.20. The monoisotopic (exact) mass is 411 g/mol. The Balaban J connectivity index is 1.71. The van der Waals surface area contributed by atoms with Crippen molar-refractivity contribution in [3.63, 3.8) is 0 Å². The third kappa shape index (κ3) is 4.06. The zero-order chi connectivity index (χ0) is 21.5. The summed E-state index contributed by atoms with van der Waals surface area (Å²) in [7, 11) is 4.12. The quantitative estimate of drug-likeness (QED) is 0.704. The Bertz CT molecular complexity index is 904. The number of nitrogens with zero attached hydrogens (tertiary/aromatic N) is 1. The Morgan fingerprint density at radius 1 is 1.10 bits per heavy atom. The first kappa shape index (κ1) is 21.1. The van der Waals surface area contributed by atoms with Gasteiger partial charge in [-0.05, 0) is 61.5 Å². The van der Waals surface area contributed by atoms with Gasteiger partial charge in [0, 0.05) is 43.2 Å². The smallest absolute Gasteiger partial charge is 0.270 e. The molecule has 2 aromatic rings. The van der Waals surface area contributed by atoms with Crippen LogP contribution in [0.15, 0.2) is 48.5 Å². The number of rotatable bonds is 6. The van der Waals surface area contributed by atoms with E-state index < -0.39 is 5.92 Å². The number of benzene rings is 2. The van der Waals surface area contributed by atoms with E-state index in [-0.39, 0.29) is 23.3 Å². The lowest BCUT2D eigenvalue weighted by Gasteiger charge is -2.37. The van der Waals surface area contributed by atoms with Gasteiger partial charge in [0.2, 0.25) is 0 Å². The zero-order valence-electron chi connectivity index (χ0n) is 18.0. The van der Waals surface area contributed by atoms with E-state index in [2.05, 4.69) is 36.4 Å². The van der Waals surface area contributed by atoms with E-state index in [1.54, 1.807) is 12.1 Å². The molecule has 2 aliphatic carbocycles. The molecule has 1 fully saturated rings. The number of nitrogens with one attached hydrogen (secondary N) is 2. The van der Waals surface area contributed by atoms with E-state index >= 15 is 0 Å². The van der Waals surface area contributed by atoms with Gasteiger partial charge in [-0.3, -0.25) is 0 Å². The Morgan fingerprint density at radius 3 is 2.50 bits per heavy atom. The summed E-state index contributed by atoms with van der Waals surface area (Å²) in [5.41, 5.74) is 3.55. The number of hydrogen-bond acceptors (Lipinski definition) is 3. The van der Waals surface area contributed by atoms with Crippen molar-refractivity contribution in [2.75, 3.05) is 27.2 Å². The Kier molecular flexibility index (Phi) is 5.78. The number of alkyl halides is 2. The second-order valence-corrected chi connectivity index (χ2v) is 9.19. The molecule has 2 aliphatic rings. The van der Waals surface area contributed by atoms with Gasteiger partial charge in [0.05, 0.1) is 0 Å². The van der Waals surface area contributed by atoms with Crippen LogP contribution in [0.3, 0.4) is 0 Å². The molecule has 0 radical (unpaired) electrons. The predicted octanol–water partition coefficient (Wildman–Crippen LogP) is 4.98. The molecule has 5 heteroatoms. The van der Waals surface area contributed by atoms with Crippen molar-refractivity contribution < 1.29 is 8.78 Å². The van der Waals surface area contributed by atoms with Crippen LogP contribution >= 0.6 is 0 Å². The molecule has 0 bridgehead atoms. The van der Waals surface area contributed by atoms with Crippen LogP contribution in [-0.2, 0) is 5.92 Å². The molecule has 0 aliphatic heterocycles. The highest BCUT2D eigenvalue weighted by Gasteiger charge is 2.46. The summed E-state index contributed by atoms with van der Waals surface area (Å²) in [6.07, 6.45) is 1.90. The summed E-state index contributed by atoms with van der Waals surface area (Å²) in [6.45, 7) is 2.82. The fourth-order valence-electron chi connectivity index (χ4n) is 5.30. The molecule has 2 aromatic carbocycles.